The highest BCUT2D eigenvalue weighted by Crippen LogP contribution is 2.24. The minimum atomic E-state index is 0.354. The van der Waals surface area contributed by atoms with Gasteiger partial charge in [-0.1, -0.05) is 38.5 Å². The fourth-order valence-electron chi connectivity index (χ4n) is 3.99. The van der Waals surface area contributed by atoms with E-state index in [1.54, 1.807) is 0 Å². The van der Waals surface area contributed by atoms with E-state index in [1.807, 2.05) is 0 Å². The molecule has 0 aromatic carbocycles. The van der Waals surface area contributed by atoms with E-state index in [4.69, 9.17) is 0 Å². The molecule has 0 spiro atoms. The smallest absolute Gasteiger partial charge is 0.236 e. The van der Waals surface area contributed by atoms with Crippen LogP contribution in [0.15, 0.2) is 0 Å². The lowest BCUT2D eigenvalue weighted by atomic mass is 9.93. The maximum atomic E-state index is 12.6. The Hall–Kier alpha value is -0.570. The molecule has 2 aliphatic carbocycles. The third-order valence-corrected chi connectivity index (χ3v) is 5.26. The van der Waals surface area contributed by atoms with Crippen LogP contribution in [-0.2, 0) is 4.79 Å². The molecular formula is C17H32N2O. The third kappa shape index (κ3) is 4.21. The second-order valence-corrected chi connectivity index (χ2v) is 6.68. The SMILES string of the molecule is CCN(C(=O)CN(C)C1CCCCC1)C1CCCCC1. The molecule has 20 heavy (non-hydrogen) atoms. The van der Waals surface area contributed by atoms with Crippen molar-refractivity contribution in [1.82, 2.24) is 9.80 Å². The van der Waals surface area contributed by atoms with Crippen LogP contribution in [0.25, 0.3) is 0 Å². The summed E-state index contributed by atoms with van der Waals surface area (Å²) in [7, 11) is 2.14. The van der Waals surface area contributed by atoms with E-state index in [9.17, 15) is 4.79 Å². The molecule has 0 aromatic heterocycles. The third-order valence-electron chi connectivity index (χ3n) is 5.26. The van der Waals surface area contributed by atoms with Crippen LogP contribution in [0.1, 0.15) is 71.1 Å². The lowest BCUT2D eigenvalue weighted by Crippen LogP contribution is -2.47. The molecule has 2 saturated carbocycles. The van der Waals surface area contributed by atoms with Crippen LogP contribution in [0.5, 0.6) is 0 Å². The van der Waals surface area contributed by atoms with Gasteiger partial charge in [-0.15, -0.1) is 0 Å². The van der Waals surface area contributed by atoms with E-state index >= 15 is 0 Å². The van der Waals surface area contributed by atoms with Crippen molar-refractivity contribution in [3.8, 4) is 0 Å². The predicted octanol–water partition coefficient (Wildman–Crippen LogP) is 3.43. The number of hydrogen-bond donors (Lipinski definition) is 0. The molecule has 0 heterocycles. The first-order valence-corrected chi connectivity index (χ1v) is 8.72. The van der Waals surface area contributed by atoms with E-state index in [-0.39, 0.29) is 0 Å². The number of amides is 1. The van der Waals surface area contributed by atoms with Crippen LogP contribution in [0.2, 0.25) is 0 Å². The molecule has 0 saturated heterocycles. The van der Waals surface area contributed by atoms with E-state index < -0.39 is 0 Å². The van der Waals surface area contributed by atoms with Gasteiger partial charge in [-0.3, -0.25) is 9.69 Å². The summed E-state index contributed by atoms with van der Waals surface area (Å²) in [6.07, 6.45) is 13.0. The van der Waals surface area contributed by atoms with Crippen LogP contribution >= 0.6 is 0 Å². The molecule has 1 amide bonds. The van der Waals surface area contributed by atoms with Crippen molar-refractivity contribution in [3.63, 3.8) is 0 Å². The summed E-state index contributed by atoms with van der Waals surface area (Å²) in [5, 5.41) is 0. The van der Waals surface area contributed by atoms with E-state index in [2.05, 4.69) is 23.8 Å². The summed E-state index contributed by atoms with van der Waals surface area (Å²) in [6.45, 7) is 3.63. The first-order valence-electron chi connectivity index (χ1n) is 8.72. The summed E-state index contributed by atoms with van der Waals surface area (Å²) in [5.41, 5.74) is 0. The molecule has 2 fully saturated rings. The van der Waals surface area contributed by atoms with Crippen molar-refractivity contribution in [2.75, 3.05) is 20.1 Å². The fourth-order valence-corrected chi connectivity index (χ4v) is 3.99. The zero-order chi connectivity index (χ0) is 14.4. The van der Waals surface area contributed by atoms with Crippen LogP contribution in [0, 0.1) is 0 Å². The first-order chi connectivity index (χ1) is 9.72. The zero-order valence-corrected chi connectivity index (χ0v) is 13.4. The second kappa shape index (κ2) is 8.02. The van der Waals surface area contributed by atoms with Gasteiger partial charge in [-0.05, 0) is 39.7 Å². The normalized spacial score (nSPS) is 22.1. The largest absolute Gasteiger partial charge is 0.339 e. The van der Waals surface area contributed by atoms with Gasteiger partial charge in [0.2, 0.25) is 5.91 Å². The van der Waals surface area contributed by atoms with E-state index in [0.29, 0.717) is 24.5 Å². The summed E-state index contributed by atoms with van der Waals surface area (Å²) in [4.78, 5) is 17.1. The van der Waals surface area contributed by atoms with Gasteiger partial charge < -0.3 is 4.90 Å². The molecule has 3 nitrogen and oxygen atoms in total. The van der Waals surface area contributed by atoms with Crippen molar-refractivity contribution in [2.45, 2.75) is 83.2 Å². The highest BCUT2D eigenvalue weighted by atomic mass is 16.2. The van der Waals surface area contributed by atoms with Gasteiger partial charge in [-0.25, -0.2) is 0 Å². The van der Waals surface area contributed by atoms with Crippen molar-refractivity contribution in [2.24, 2.45) is 0 Å². The van der Waals surface area contributed by atoms with Crippen molar-refractivity contribution in [1.29, 1.82) is 0 Å². The molecule has 3 heteroatoms. The van der Waals surface area contributed by atoms with Gasteiger partial charge in [-0.2, -0.15) is 0 Å². The molecule has 2 rings (SSSR count). The number of hydrogen-bond acceptors (Lipinski definition) is 2. The van der Waals surface area contributed by atoms with Gasteiger partial charge in [0.05, 0.1) is 6.54 Å². The van der Waals surface area contributed by atoms with Gasteiger partial charge in [0.1, 0.15) is 0 Å². The molecule has 0 unspecified atom stereocenters. The van der Waals surface area contributed by atoms with Crippen molar-refractivity contribution >= 4 is 5.91 Å². The minimum absolute atomic E-state index is 0.354. The minimum Gasteiger partial charge on any atom is -0.339 e. The molecule has 0 aromatic rings. The molecule has 0 bridgehead atoms. The zero-order valence-electron chi connectivity index (χ0n) is 13.4. The number of likely N-dealkylation sites (N-methyl/N-ethyl adjacent to an activating group) is 2. The van der Waals surface area contributed by atoms with Crippen molar-refractivity contribution in [3.05, 3.63) is 0 Å². The van der Waals surface area contributed by atoms with Gasteiger partial charge in [0, 0.05) is 18.6 Å². The number of rotatable bonds is 5. The average Bonchev–Trinajstić information content (AvgIpc) is 2.50. The Labute approximate surface area is 124 Å². The lowest BCUT2D eigenvalue weighted by molar-refractivity contribution is -0.135. The molecule has 0 aliphatic heterocycles. The van der Waals surface area contributed by atoms with Crippen LogP contribution in [0.4, 0.5) is 0 Å². The standard InChI is InChI=1S/C17H32N2O/c1-3-19(16-12-8-5-9-13-16)17(20)14-18(2)15-10-6-4-7-11-15/h15-16H,3-14H2,1-2H3. The summed E-state index contributed by atoms with van der Waals surface area (Å²) >= 11 is 0. The molecular weight excluding hydrogens is 248 g/mol. The van der Waals surface area contributed by atoms with Gasteiger partial charge in [0.15, 0.2) is 0 Å². The van der Waals surface area contributed by atoms with E-state index in [1.165, 1.54) is 64.2 Å². The molecule has 0 N–H and O–H groups in total. The monoisotopic (exact) mass is 280 g/mol. The fraction of sp³-hybridized carbons (Fsp3) is 0.941. The predicted molar refractivity (Wildman–Crippen MR) is 83.8 cm³/mol. The topological polar surface area (TPSA) is 23.6 Å². The molecule has 116 valence electrons. The Morgan fingerprint density at radius 2 is 1.40 bits per heavy atom. The van der Waals surface area contributed by atoms with E-state index in [0.717, 1.165) is 6.54 Å². The Bertz CT molecular complexity index is 293. The summed E-state index contributed by atoms with van der Waals surface area (Å²) < 4.78 is 0. The second-order valence-electron chi connectivity index (χ2n) is 6.68. The van der Waals surface area contributed by atoms with Crippen molar-refractivity contribution < 1.29 is 4.79 Å². The molecule has 0 radical (unpaired) electrons. The summed E-state index contributed by atoms with van der Waals surface area (Å²) in [6, 6.07) is 1.15. The highest BCUT2D eigenvalue weighted by Gasteiger charge is 2.26. The van der Waals surface area contributed by atoms with Gasteiger partial charge in [0.25, 0.3) is 0 Å². The summed E-state index contributed by atoms with van der Waals surface area (Å²) in [5.74, 6) is 0.354. The van der Waals surface area contributed by atoms with Crippen LogP contribution in [-0.4, -0.2) is 47.9 Å². The Morgan fingerprint density at radius 3 is 1.90 bits per heavy atom. The first kappa shape index (κ1) is 15.8. The Morgan fingerprint density at radius 1 is 0.900 bits per heavy atom. The quantitative estimate of drug-likeness (QED) is 0.770. The molecule has 0 atom stereocenters. The average molecular weight is 280 g/mol. The molecule has 2 aliphatic rings. The Kier molecular flexibility index (Phi) is 6.34. The number of nitrogens with zero attached hydrogens (tertiary/aromatic N) is 2. The maximum Gasteiger partial charge on any atom is 0.236 e. The maximum absolute atomic E-state index is 12.6. The van der Waals surface area contributed by atoms with Crippen LogP contribution < -0.4 is 0 Å². The number of carbonyl (C=O) groups excluding carboxylic acids is 1. The highest BCUT2D eigenvalue weighted by molar-refractivity contribution is 5.78. The number of carbonyl (C=O) groups is 1. The Balaban J connectivity index is 1.84. The lowest BCUT2D eigenvalue weighted by Gasteiger charge is -2.36. The van der Waals surface area contributed by atoms with Gasteiger partial charge >= 0.3 is 0 Å². The van der Waals surface area contributed by atoms with Crippen LogP contribution in [0.3, 0.4) is 0 Å².